The number of para-hydroxylation sites is 1. The van der Waals surface area contributed by atoms with Gasteiger partial charge in [-0.25, -0.2) is 4.68 Å². The molecule has 2 fully saturated rings. The first-order chi connectivity index (χ1) is 16.5. The van der Waals surface area contributed by atoms with Gasteiger partial charge in [-0.15, -0.1) is 0 Å². The standard InChI is InChI=1S/C25H24BrN5O2S/c1-16-21(24(32)30-11-13-33-14-12-30)23(28-25(34)27-16)20-15-31(19-5-3-2-4-6-19)29-22(20)17-7-9-18(26)10-8-17/h2-10,15,21,23H,1,11-14H2,(H2,27,28,34)/t21-,23+/m0/s1. The van der Waals surface area contributed by atoms with Crippen molar-refractivity contribution in [3.05, 3.63) is 83.1 Å². The van der Waals surface area contributed by atoms with Crippen LogP contribution in [0.25, 0.3) is 16.9 Å². The Morgan fingerprint density at radius 3 is 2.53 bits per heavy atom. The second-order valence-electron chi connectivity index (χ2n) is 8.24. The fourth-order valence-corrected chi connectivity index (χ4v) is 4.90. The molecule has 2 atom stereocenters. The summed E-state index contributed by atoms with van der Waals surface area (Å²) >= 11 is 8.98. The van der Waals surface area contributed by atoms with Gasteiger partial charge in [0.15, 0.2) is 5.11 Å². The molecule has 0 unspecified atom stereocenters. The van der Waals surface area contributed by atoms with E-state index in [-0.39, 0.29) is 5.91 Å². The molecule has 174 valence electrons. The van der Waals surface area contributed by atoms with Crippen molar-refractivity contribution < 1.29 is 9.53 Å². The third-order valence-corrected chi connectivity index (χ3v) is 6.82. The molecule has 3 heterocycles. The van der Waals surface area contributed by atoms with Gasteiger partial charge in [-0.1, -0.05) is 52.8 Å². The number of amides is 1. The zero-order chi connectivity index (χ0) is 23.7. The van der Waals surface area contributed by atoms with Crippen LogP contribution in [0.15, 0.2) is 77.5 Å². The second kappa shape index (κ2) is 9.69. The summed E-state index contributed by atoms with van der Waals surface area (Å²) in [5, 5.41) is 11.8. The highest BCUT2D eigenvalue weighted by molar-refractivity contribution is 9.10. The number of nitrogens with one attached hydrogen (secondary N) is 2. The largest absolute Gasteiger partial charge is 0.378 e. The van der Waals surface area contributed by atoms with Crippen molar-refractivity contribution in [3.63, 3.8) is 0 Å². The van der Waals surface area contributed by atoms with Crippen molar-refractivity contribution in [1.29, 1.82) is 0 Å². The normalized spacial score (nSPS) is 20.6. The lowest BCUT2D eigenvalue weighted by atomic mass is 9.87. The lowest BCUT2D eigenvalue weighted by molar-refractivity contribution is -0.139. The van der Waals surface area contributed by atoms with Gasteiger partial charge in [0.1, 0.15) is 5.92 Å². The number of aromatic nitrogens is 2. The van der Waals surface area contributed by atoms with Crippen LogP contribution in [0, 0.1) is 5.92 Å². The summed E-state index contributed by atoms with van der Waals surface area (Å²) < 4.78 is 8.27. The number of nitrogens with zero attached hydrogens (tertiary/aromatic N) is 3. The fraction of sp³-hybridized carbons (Fsp3) is 0.240. The molecule has 0 radical (unpaired) electrons. The zero-order valence-corrected chi connectivity index (χ0v) is 20.8. The molecule has 5 rings (SSSR count). The minimum Gasteiger partial charge on any atom is -0.378 e. The molecule has 2 aromatic carbocycles. The smallest absolute Gasteiger partial charge is 0.234 e. The van der Waals surface area contributed by atoms with Crippen molar-refractivity contribution in [2.75, 3.05) is 26.3 Å². The Kier molecular flexibility index (Phi) is 6.49. The molecular weight excluding hydrogens is 514 g/mol. The maximum atomic E-state index is 13.7. The van der Waals surface area contributed by atoms with Crippen molar-refractivity contribution in [2.45, 2.75) is 6.04 Å². The highest BCUT2D eigenvalue weighted by Crippen LogP contribution is 2.37. The van der Waals surface area contributed by atoms with Gasteiger partial charge in [0, 0.05) is 40.6 Å². The predicted octanol–water partition coefficient (Wildman–Crippen LogP) is 3.81. The lowest BCUT2D eigenvalue weighted by Gasteiger charge is -2.38. The third kappa shape index (κ3) is 4.51. The molecule has 7 nitrogen and oxygen atoms in total. The molecule has 0 bridgehead atoms. The summed E-state index contributed by atoms with van der Waals surface area (Å²) in [5.74, 6) is -0.553. The van der Waals surface area contributed by atoms with Crippen LogP contribution in [-0.2, 0) is 9.53 Å². The number of morpholine rings is 1. The summed E-state index contributed by atoms with van der Waals surface area (Å²) in [6.07, 6.45) is 1.98. The van der Waals surface area contributed by atoms with E-state index in [1.54, 1.807) is 0 Å². The molecule has 3 aromatic rings. The molecule has 0 saturated carbocycles. The Balaban J connectivity index is 1.62. The van der Waals surface area contributed by atoms with Crippen molar-refractivity contribution in [3.8, 4) is 16.9 Å². The second-order valence-corrected chi connectivity index (χ2v) is 9.56. The molecule has 1 aromatic heterocycles. The van der Waals surface area contributed by atoms with Crippen LogP contribution >= 0.6 is 28.1 Å². The molecule has 1 amide bonds. The molecule has 2 N–H and O–H groups in total. The first-order valence-corrected chi connectivity index (χ1v) is 12.2. The molecule has 0 aliphatic carbocycles. The number of hydrogen-bond donors (Lipinski definition) is 2. The van der Waals surface area contributed by atoms with Gasteiger partial charge in [0.25, 0.3) is 0 Å². The highest BCUT2D eigenvalue weighted by atomic mass is 79.9. The number of halogens is 1. The Bertz CT molecular complexity index is 1220. The van der Waals surface area contributed by atoms with E-state index in [9.17, 15) is 4.79 Å². The number of hydrogen-bond acceptors (Lipinski definition) is 4. The Labute approximate surface area is 211 Å². The first-order valence-electron chi connectivity index (χ1n) is 11.0. The monoisotopic (exact) mass is 537 g/mol. The highest BCUT2D eigenvalue weighted by Gasteiger charge is 2.41. The lowest BCUT2D eigenvalue weighted by Crippen LogP contribution is -2.55. The van der Waals surface area contributed by atoms with Gasteiger partial charge in [0.05, 0.1) is 30.6 Å². The minimum atomic E-state index is -0.549. The fourth-order valence-electron chi connectivity index (χ4n) is 4.37. The van der Waals surface area contributed by atoms with E-state index in [2.05, 4.69) is 33.1 Å². The Morgan fingerprint density at radius 1 is 1.12 bits per heavy atom. The molecule has 9 heteroatoms. The van der Waals surface area contributed by atoms with Crippen molar-refractivity contribution in [2.24, 2.45) is 5.92 Å². The number of rotatable bonds is 4. The SMILES string of the molecule is C=C1NC(=S)N[C@H](c2cn(-c3ccccc3)nc2-c2ccc(Br)cc2)[C@H]1C(=O)N1CCOCC1. The van der Waals surface area contributed by atoms with E-state index in [0.29, 0.717) is 37.1 Å². The average molecular weight is 538 g/mol. The quantitative estimate of drug-likeness (QED) is 0.493. The van der Waals surface area contributed by atoms with Crippen LogP contribution in [-0.4, -0.2) is 52.0 Å². The number of carbonyl (C=O) groups excluding carboxylic acids is 1. The van der Waals surface area contributed by atoms with Crippen LogP contribution in [0.1, 0.15) is 11.6 Å². The molecule has 2 aliphatic heterocycles. The number of ether oxygens (including phenoxy) is 1. The zero-order valence-electron chi connectivity index (χ0n) is 18.4. The topological polar surface area (TPSA) is 71.4 Å². The van der Waals surface area contributed by atoms with Gasteiger partial charge in [-0.05, 0) is 36.5 Å². The van der Waals surface area contributed by atoms with Crippen LogP contribution in [0.4, 0.5) is 0 Å². The predicted molar refractivity (Wildman–Crippen MR) is 138 cm³/mol. The molecule has 2 saturated heterocycles. The van der Waals surface area contributed by atoms with Gasteiger partial charge >= 0.3 is 0 Å². The summed E-state index contributed by atoms with van der Waals surface area (Å²) in [5.41, 5.74) is 4.12. The van der Waals surface area contributed by atoms with Crippen LogP contribution in [0.3, 0.4) is 0 Å². The molecule has 34 heavy (non-hydrogen) atoms. The van der Waals surface area contributed by atoms with Gasteiger partial charge in [0.2, 0.25) is 5.91 Å². The summed E-state index contributed by atoms with van der Waals surface area (Å²) in [7, 11) is 0. The molecule has 2 aliphatic rings. The van der Waals surface area contributed by atoms with E-state index < -0.39 is 12.0 Å². The van der Waals surface area contributed by atoms with Crippen LogP contribution in [0.2, 0.25) is 0 Å². The average Bonchev–Trinajstić information content (AvgIpc) is 3.30. The van der Waals surface area contributed by atoms with E-state index in [0.717, 1.165) is 27.0 Å². The maximum Gasteiger partial charge on any atom is 0.234 e. The Hall–Kier alpha value is -3.01. The van der Waals surface area contributed by atoms with Crippen LogP contribution < -0.4 is 10.6 Å². The number of carbonyl (C=O) groups is 1. The number of benzene rings is 2. The van der Waals surface area contributed by atoms with E-state index >= 15 is 0 Å². The van der Waals surface area contributed by atoms with Gasteiger partial charge in [-0.2, -0.15) is 5.10 Å². The minimum absolute atomic E-state index is 0.00461. The number of thiocarbonyl (C=S) groups is 1. The van der Waals surface area contributed by atoms with E-state index in [4.69, 9.17) is 22.1 Å². The van der Waals surface area contributed by atoms with Gasteiger partial charge < -0.3 is 20.3 Å². The molecular formula is C25H24BrN5O2S. The summed E-state index contributed by atoms with van der Waals surface area (Å²) in [6.45, 7) is 6.35. The van der Waals surface area contributed by atoms with Crippen molar-refractivity contribution >= 4 is 39.2 Å². The third-order valence-electron chi connectivity index (χ3n) is 6.07. The summed E-state index contributed by atoms with van der Waals surface area (Å²) in [4.78, 5) is 15.5. The van der Waals surface area contributed by atoms with E-state index in [1.807, 2.05) is 70.4 Å². The van der Waals surface area contributed by atoms with Gasteiger partial charge in [-0.3, -0.25) is 4.79 Å². The molecule has 0 spiro atoms. The Morgan fingerprint density at radius 2 is 1.82 bits per heavy atom. The van der Waals surface area contributed by atoms with E-state index in [1.165, 1.54) is 0 Å². The van der Waals surface area contributed by atoms with Crippen molar-refractivity contribution in [1.82, 2.24) is 25.3 Å². The maximum absolute atomic E-state index is 13.7. The first kappa shape index (κ1) is 22.8. The summed E-state index contributed by atoms with van der Waals surface area (Å²) in [6, 6.07) is 17.5. The van der Waals surface area contributed by atoms with Crippen LogP contribution in [0.5, 0.6) is 0 Å².